The van der Waals surface area contributed by atoms with E-state index in [-0.39, 0.29) is 18.0 Å². The molecule has 1 amide bonds. The molecule has 2 aromatic rings. The van der Waals surface area contributed by atoms with Gasteiger partial charge in [0.1, 0.15) is 11.4 Å². The Labute approximate surface area is 129 Å². The summed E-state index contributed by atoms with van der Waals surface area (Å²) in [6.07, 6.45) is -1.06. The Kier molecular flexibility index (Phi) is 5.53. The van der Waals surface area contributed by atoms with Crippen molar-refractivity contribution in [1.82, 2.24) is 10.3 Å². The number of hydrogen-bond acceptors (Lipinski definition) is 4. The Morgan fingerprint density at radius 3 is 2.52 bits per heavy atom. The summed E-state index contributed by atoms with van der Waals surface area (Å²) in [7, 11) is 0. The molecule has 2 N–H and O–H groups in total. The van der Waals surface area contributed by atoms with Gasteiger partial charge < -0.3 is 15.2 Å². The van der Waals surface area contributed by atoms with Crippen molar-refractivity contribution in [3.63, 3.8) is 0 Å². The maximum Gasteiger partial charge on any atom is 0.387 e. The van der Waals surface area contributed by atoms with E-state index in [4.69, 9.17) is 0 Å². The molecule has 0 spiro atoms. The number of amides is 1. The lowest BCUT2D eigenvalue weighted by molar-refractivity contribution is -0.0498. The quantitative estimate of drug-likeness (QED) is 0.799. The Bertz CT molecular complexity index is 665. The van der Waals surface area contributed by atoms with Crippen LogP contribution in [0, 0.1) is 5.95 Å². The van der Waals surface area contributed by atoms with Gasteiger partial charge in [0.05, 0.1) is 6.10 Å². The maximum atomic E-state index is 12.9. The molecule has 0 aliphatic carbocycles. The zero-order chi connectivity index (χ0) is 16.8. The Morgan fingerprint density at radius 1 is 1.22 bits per heavy atom. The van der Waals surface area contributed by atoms with E-state index >= 15 is 0 Å². The molecule has 0 saturated carbocycles. The number of aliphatic hydroxyl groups is 1. The lowest BCUT2D eigenvalue weighted by Gasteiger charge is -2.13. The third kappa shape index (κ3) is 4.96. The third-order valence-corrected chi connectivity index (χ3v) is 2.89. The summed E-state index contributed by atoms with van der Waals surface area (Å²) >= 11 is 0. The second kappa shape index (κ2) is 7.59. The number of carbonyl (C=O) groups excluding carboxylic acids is 1. The van der Waals surface area contributed by atoms with E-state index in [2.05, 4.69) is 15.0 Å². The van der Waals surface area contributed by atoms with Crippen LogP contribution in [0.3, 0.4) is 0 Å². The number of benzene rings is 1. The molecule has 2 rings (SSSR count). The molecule has 0 aliphatic rings. The number of alkyl halides is 2. The molecule has 0 saturated heterocycles. The van der Waals surface area contributed by atoms with Crippen LogP contribution in [-0.2, 0) is 0 Å². The van der Waals surface area contributed by atoms with Gasteiger partial charge in [0.25, 0.3) is 5.91 Å². The molecule has 1 aromatic heterocycles. The summed E-state index contributed by atoms with van der Waals surface area (Å²) in [5.74, 6) is -1.46. The highest BCUT2D eigenvalue weighted by Gasteiger charge is 2.13. The molecular weight excluding hydrogens is 313 g/mol. The van der Waals surface area contributed by atoms with Crippen LogP contribution in [0.2, 0.25) is 0 Å². The fraction of sp³-hybridized carbons (Fsp3) is 0.200. The Balaban J connectivity index is 1.91. The number of hydrogen-bond donors (Lipinski definition) is 2. The fourth-order valence-electron chi connectivity index (χ4n) is 1.80. The molecule has 8 heteroatoms. The predicted molar refractivity (Wildman–Crippen MR) is 74.6 cm³/mol. The number of aromatic nitrogens is 1. The van der Waals surface area contributed by atoms with Gasteiger partial charge in [0, 0.05) is 6.54 Å². The number of nitrogens with one attached hydrogen (secondary N) is 1. The predicted octanol–water partition coefficient (Wildman–Crippen LogP) is 2.29. The highest BCUT2D eigenvalue weighted by molar-refractivity contribution is 5.92. The number of carbonyl (C=O) groups is 1. The van der Waals surface area contributed by atoms with E-state index in [0.717, 1.165) is 6.07 Å². The summed E-state index contributed by atoms with van der Waals surface area (Å²) in [6.45, 7) is -3.07. The number of ether oxygens (including phenoxy) is 1. The van der Waals surface area contributed by atoms with Crippen molar-refractivity contribution in [2.24, 2.45) is 0 Å². The van der Waals surface area contributed by atoms with Gasteiger partial charge in [-0.2, -0.15) is 13.2 Å². The summed E-state index contributed by atoms with van der Waals surface area (Å²) in [6, 6.07) is 9.14. The normalized spacial score (nSPS) is 12.0. The first-order valence-electron chi connectivity index (χ1n) is 6.59. The molecule has 0 radical (unpaired) electrons. The molecule has 1 aromatic carbocycles. The van der Waals surface area contributed by atoms with Crippen LogP contribution in [-0.4, -0.2) is 29.2 Å². The van der Waals surface area contributed by atoms with Crippen LogP contribution >= 0.6 is 0 Å². The molecule has 0 aliphatic heterocycles. The maximum absolute atomic E-state index is 12.9. The van der Waals surface area contributed by atoms with Crippen molar-refractivity contribution in [2.45, 2.75) is 12.7 Å². The van der Waals surface area contributed by atoms with Crippen LogP contribution in [0.5, 0.6) is 5.75 Å². The first-order valence-corrected chi connectivity index (χ1v) is 6.59. The summed E-state index contributed by atoms with van der Waals surface area (Å²) in [4.78, 5) is 15.2. The van der Waals surface area contributed by atoms with Crippen molar-refractivity contribution >= 4 is 5.91 Å². The molecule has 0 fully saturated rings. The summed E-state index contributed by atoms with van der Waals surface area (Å²) in [5.41, 5.74) is 0.289. The number of rotatable bonds is 6. The van der Waals surface area contributed by atoms with E-state index in [1.54, 1.807) is 0 Å². The number of aliphatic hydroxyl groups excluding tert-OH is 1. The van der Waals surface area contributed by atoms with Gasteiger partial charge >= 0.3 is 6.61 Å². The van der Waals surface area contributed by atoms with Gasteiger partial charge in [0.2, 0.25) is 5.95 Å². The zero-order valence-electron chi connectivity index (χ0n) is 11.7. The van der Waals surface area contributed by atoms with Gasteiger partial charge in [-0.1, -0.05) is 18.2 Å². The Hall–Kier alpha value is -2.61. The largest absolute Gasteiger partial charge is 0.435 e. The van der Waals surface area contributed by atoms with Gasteiger partial charge in [-0.3, -0.25) is 4.79 Å². The molecule has 23 heavy (non-hydrogen) atoms. The molecule has 1 unspecified atom stereocenters. The Morgan fingerprint density at radius 2 is 1.91 bits per heavy atom. The van der Waals surface area contributed by atoms with Crippen molar-refractivity contribution in [3.05, 3.63) is 59.7 Å². The average molecular weight is 326 g/mol. The third-order valence-electron chi connectivity index (χ3n) is 2.89. The molecule has 1 heterocycles. The average Bonchev–Trinajstić information content (AvgIpc) is 2.52. The lowest BCUT2D eigenvalue weighted by Crippen LogP contribution is -2.29. The number of halogens is 3. The monoisotopic (exact) mass is 326 g/mol. The van der Waals surface area contributed by atoms with Crippen molar-refractivity contribution < 1.29 is 27.8 Å². The summed E-state index contributed by atoms with van der Waals surface area (Å²) in [5, 5.41) is 12.3. The van der Waals surface area contributed by atoms with Crippen LogP contribution < -0.4 is 10.1 Å². The van der Waals surface area contributed by atoms with Crippen molar-refractivity contribution in [2.75, 3.05) is 6.54 Å². The van der Waals surface area contributed by atoms with E-state index in [1.807, 2.05) is 0 Å². The van der Waals surface area contributed by atoms with E-state index in [0.29, 0.717) is 5.56 Å². The standard InChI is InChI=1S/C15H13F3N2O3/c16-13-3-1-2-11(20-13)14(22)19-8-12(21)9-4-6-10(7-5-9)23-15(17)18/h1-7,12,15,21H,8H2,(H,19,22). The minimum absolute atomic E-state index is 0.0380. The molecule has 0 bridgehead atoms. The van der Waals surface area contributed by atoms with Crippen LogP contribution in [0.15, 0.2) is 42.5 Å². The highest BCUT2D eigenvalue weighted by Crippen LogP contribution is 2.19. The minimum Gasteiger partial charge on any atom is -0.435 e. The second-order valence-electron chi connectivity index (χ2n) is 4.52. The zero-order valence-corrected chi connectivity index (χ0v) is 11.7. The van der Waals surface area contributed by atoms with Crippen molar-refractivity contribution in [1.29, 1.82) is 0 Å². The van der Waals surface area contributed by atoms with Crippen LogP contribution in [0.25, 0.3) is 0 Å². The molecule has 5 nitrogen and oxygen atoms in total. The van der Waals surface area contributed by atoms with Crippen LogP contribution in [0.4, 0.5) is 13.2 Å². The summed E-state index contributed by atoms with van der Waals surface area (Å²) < 4.78 is 41.2. The molecule has 122 valence electrons. The van der Waals surface area contributed by atoms with Crippen molar-refractivity contribution in [3.8, 4) is 5.75 Å². The smallest absolute Gasteiger partial charge is 0.387 e. The number of nitrogens with zero attached hydrogens (tertiary/aromatic N) is 1. The van der Waals surface area contributed by atoms with Crippen LogP contribution in [0.1, 0.15) is 22.2 Å². The van der Waals surface area contributed by atoms with E-state index in [9.17, 15) is 23.1 Å². The minimum atomic E-state index is -2.93. The topological polar surface area (TPSA) is 71.5 Å². The molecule has 1 atom stereocenters. The SMILES string of the molecule is O=C(NCC(O)c1ccc(OC(F)F)cc1)c1cccc(F)n1. The van der Waals surface area contributed by atoms with Gasteiger partial charge in [-0.15, -0.1) is 0 Å². The number of pyridine rings is 1. The van der Waals surface area contributed by atoms with Gasteiger partial charge in [0.15, 0.2) is 0 Å². The first kappa shape index (κ1) is 16.8. The highest BCUT2D eigenvalue weighted by atomic mass is 19.3. The van der Waals surface area contributed by atoms with Gasteiger partial charge in [-0.25, -0.2) is 4.98 Å². The van der Waals surface area contributed by atoms with E-state index in [1.165, 1.54) is 36.4 Å². The lowest BCUT2D eigenvalue weighted by atomic mass is 10.1. The van der Waals surface area contributed by atoms with Gasteiger partial charge in [-0.05, 0) is 29.8 Å². The second-order valence-corrected chi connectivity index (χ2v) is 4.52. The van der Waals surface area contributed by atoms with E-state index < -0.39 is 24.6 Å². The first-order chi connectivity index (χ1) is 11.0. The fourth-order valence-corrected chi connectivity index (χ4v) is 1.80. The molecular formula is C15H13F3N2O3.